The average molecular weight is 212 g/mol. The predicted molar refractivity (Wildman–Crippen MR) is 61.9 cm³/mol. The molecule has 0 aromatic heterocycles. The molecule has 0 amide bonds. The predicted octanol–water partition coefficient (Wildman–Crippen LogP) is 1.02. The van der Waals surface area contributed by atoms with Gasteiger partial charge in [0.15, 0.2) is 0 Å². The first kappa shape index (κ1) is 11.4. The molecule has 1 heterocycles. The van der Waals surface area contributed by atoms with E-state index in [1.165, 1.54) is 25.8 Å². The van der Waals surface area contributed by atoms with Crippen LogP contribution < -0.4 is 10.6 Å². The molecule has 1 aliphatic heterocycles. The fourth-order valence-corrected chi connectivity index (χ4v) is 2.76. The minimum atomic E-state index is -0.0288. The Morgan fingerprint density at radius 1 is 0.867 bits per heavy atom. The SMILES string of the molecule is OC1CCC(NC2CCCNCC2)CC1. The summed E-state index contributed by atoms with van der Waals surface area (Å²) in [7, 11) is 0. The van der Waals surface area contributed by atoms with E-state index in [0.717, 1.165) is 32.2 Å². The summed E-state index contributed by atoms with van der Waals surface area (Å²) in [4.78, 5) is 0. The van der Waals surface area contributed by atoms with Crippen molar-refractivity contribution in [1.82, 2.24) is 10.6 Å². The topological polar surface area (TPSA) is 44.3 Å². The molecule has 0 radical (unpaired) electrons. The third-order valence-corrected chi connectivity index (χ3v) is 3.74. The Morgan fingerprint density at radius 3 is 2.40 bits per heavy atom. The molecule has 0 aromatic rings. The first-order valence-electron chi connectivity index (χ1n) is 6.49. The van der Waals surface area contributed by atoms with Crippen LogP contribution in [0.4, 0.5) is 0 Å². The molecule has 1 saturated heterocycles. The fraction of sp³-hybridized carbons (Fsp3) is 1.00. The Balaban J connectivity index is 1.70. The highest BCUT2D eigenvalue weighted by Crippen LogP contribution is 2.20. The van der Waals surface area contributed by atoms with Gasteiger partial charge in [-0.15, -0.1) is 0 Å². The van der Waals surface area contributed by atoms with E-state index in [1.54, 1.807) is 0 Å². The van der Waals surface area contributed by atoms with Gasteiger partial charge >= 0.3 is 0 Å². The highest BCUT2D eigenvalue weighted by atomic mass is 16.3. The van der Waals surface area contributed by atoms with Gasteiger partial charge in [-0.2, -0.15) is 0 Å². The van der Waals surface area contributed by atoms with E-state index in [0.29, 0.717) is 12.1 Å². The molecule has 2 rings (SSSR count). The van der Waals surface area contributed by atoms with Crippen LogP contribution in [0.15, 0.2) is 0 Å². The second-order valence-corrected chi connectivity index (χ2v) is 5.05. The lowest BCUT2D eigenvalue weighted by Gasteiger charge is -2.30. The molecule has 0 bridgehead atoms. The van der Waals surface area contributed by atoms with Crippen molar-refractivity contribution < 1.29 is 5.11 Å². The van der Waals surface area contributed by atoms with Gasteiger partial charge in [0, 0.05) is 12.1 Å². The van der Waals surface area contributed by atoms with Gasteiger partial charge in [-0.3, -0.25) is 0 Å². The molecule has 2 aliphatic rings. The van der Waals surface area contributed by atoms with E-state index in [2.05, 4.69) is 10.6 Å². The monoisotopic (exact) mass is 212 g/mol. The minimum Gasteiger partial charge on any atom is -0.393 e. The van der Waals surface area contributed by atoms with Crippen molar-refractivity contribution in [3.05, 3.63) is 0 Å². The average Bonchev–Trinajstić information content (AvgIpc) is 2.50. The summed E-state index contributed by atoms with van der Waals surface area (Å²) in [6, 6.07) is 1.37. The van der Waals surface area contributed by atoms with Gasteiger partial charge in [0.1, 0.15) is 0 Å². The summed E-state index contributed by atoms with van der Waals surface area (Å²) in [6.45, 7) is 2.34. The zero-order valence-corrected chi connectivity index (χ0v) is 9.54. The lowest BCUT2D eigenvalue weighted by Crippen LogP contribution is -2.41. The number of hydrogen-bond donors (Lipinski definition) is 3. The molecule has 2 fully saturated rings. The molecule has 1 aliphatic carbocycles. The van der Waals surface area contributed by atoms with Crippen molar-refractivity contribution in [3.8, 4) is 0 Å². The maximum atomic E-state index is 9.44. The van der Waals surface area contributed by atoms with Gasteiger partial charge in [-0.1, -0.05) is 0 Å². The summed E-state index contributed by atoms with van der Waals surface area (Å²) in [5, 5.41) is 16.6. The molecule has 15 heavy (non-hydrogen) atoms. The molecule has 0 aromatic carbocycles. The Morgan fingerprint density at radius 2 is 1.60 bits per heavy atom. The van der Waals surface area contributed by atoms with Gasteiger partial charge < -0.3 is 15.7 Å². The second kappa shape index (κ2) is 5.83. The Labute approximate surface area is 92.6 Å². The highest BCUT2D eigenvalue weighted by molar-refractivity contribution is 4.81. The van der Waals surface area contributed by atoms with E-state index in [1.807, 2.05) is 0 Å². The van der Waals surface area contributed by atoms with Gasteiger partial charge in [0.2, 0.25) is 0 Å². The summed E-state index contributed by atoms with van der Waals surface area (Å²) >= 11 is 0. The van der Waals surface area contributed by atoms with Crippen molar-refractivity contribution in [2.24, 2.45) is 0 Å². The Hall–Kier alpha value is -0.120. The van der Waals surface area contributed by atoms with Crippen LogP contribution in [0.1, 0.15) is 44.9 Å². The minimum absolute atomic E-state index is 0.0288. The third kappa shape index (κ3) is 3.74. The molecular formula is C12H24N2O. The zero-order chi connectivity index (χ0) is 10.5. The maximum Gasteiger partial charge on any atom is 0.0541 e. The molecular weight excluding hydrogens is 188 g/mol. The van der Waals surface area contributed by atoms with Crippen molar-refractivity contribution >= 4 is 0 Å². The Kier molecular flexibility index (Phi) is 4.42. The molecule has 1 unspecified atom stereocenters. The smallest absolute Gasteiger partial charge is 0.0541 e. The first-order chi connectivity index (χ1) is 7.34. The lowest BCUT2D eigenvalue weighted by molar-refractivity contribution is 0.113. The van der Waals surface area contributed by atoms with Crippen LogP contribution in [0, 0.1) is 0 Å². The number of rotatable bonds is 2. The van der Waals surface area contributed by atoms with Gasteiger partial charge in [0.25, 0.3) is 0 Å². The second-order valence-electron chi connectivity index (χ2n) is 5.05. The van der Waals surface area contributed by atoms with E-state index in [9.17, 15) is 5.11 Å². The molecule has 0 spiro atoms. The van der Waals surface area contributed by atoms with Gasteiger partial charge in [0.05, 0.1) is 6.10 Å². The van der Waals surface area contributed by atoms with E-state index < -0.39 is 0 Å². The van der Waals surface area contributed by atoms with E-state index in [-0.39, 0.29) is 6.10 Å². The standard InChI is InChI=1S/C12H24N2O/c15-12-5-3-11(4-6-12)14-10-2-1-8-13-9-7-10/h10-15H,1-9H2. The summed E-state index contributed by atoms with van der Waals surface area (Å²) < 4.78 is 0. The van der Waals surface area contributed by atoms with Crippen LogP contribution in [0.25, 0.3) is 0 Å². The molecule has 3 N–H and O–H groups in total. The van der Waals surface area contributed by atoms with Crippen molar-refractivity contribution in [1.29, 1.82) is 0 Å². The lowest BCUT2D eigenvalue weighted by atomic mass is 9.92. The van der Waals surface area contributed by atoms with Gasteiger partial charge in [-0.05, 0) is 58.0 Å². The van der Waals surface area contributed by atoms with Crippen LogP contribution >= 0.6 is 0 Å². The summed E-state index contributed by atoms with van der Waals surface area (Å²) in [6.07, 6.45) is 8.14. The molecule has 3 heteroatoms. The van der Waals surface area contributed by atoms with E-state index in [4.69, 9.17) is 0 Å². The summed E-state index contributed by atoms with van der Waals surface area (Å²) in [5.41, 5.74) is 0. The van der Waals surface area contributed by atoms with Crippen molar-refractivity contribution in [3.63, 3.8) is 0 Å². The van der Waals surface area contributed by atoms with Crippen LogP contribution in [-0.2, 0) is 0 Å². The normalized spacial score (nSPS) is 38.6. The van der Waals surface area contributed by atoms with Crippen LogP contribution in [0.2, 0.25) is 0 Å². The molecule has 88 valence electrons. The number of aliphatic hydroxyl groups is 1. The van der Waals surface area contributed by atoms with Crippen LogP contribution in [0.3, 0.4) is 0 Å². The largest absolute Gasteiger partial charge is 0.393 e. The van der Waals surface area contributed by atoms with E-state index >= 15 is 0 Å². The molecule has 1 atom stereocenters. The van der Waals surface area contributed by atoms with Gasteiger partial charge in [-0.25, -0.2) is 0 Å². The van der Waals surface area contributed by atoms with Crippen LogP contribution in [-0.4, -0.2) is 36.4 Å². The highest BCUT2D eigenvalue weighted by Gasteiger charge is 2.22. The third-order valence-electron chi connectivity index (χ3n) is 3.74. The van der Waals surface area contributed by atoms with Crippen molar-refractivity contribution in [2.45, 2.75) is 63.1 Å². The maximum absolute atomic E-state index is 9.44. The van der Waals surface area contributed by atoms with Crippen LogP contribution in [0.5, 0.6) is 0 Å². The fourth-order valence-electron chi connectivity index (χ4n) is 2.76. The molecule has 3 nitrogen and oxygen atoms in total. The molecule has 1 saturated carbocycles. The zero-order valence-electron chi connectivity index (χ0n) is 9.54. The first-order valence-corrected chi connectivity index (χ1v) is 6.49. The number of aliphatic hydroxyl groups excluding tert-OH is 1. The quantitative estimate of drug-likeness (QED) is 0.640. The van der Waals surface area contributed by atoms with Crippen molar-refractivity contribution in [2.75, 3.05) is 13.1 Å². The Bertz CT molecular complexity index is 170. The number of hydrogen-bond acceptors (Lipinski definition) is 3. The summed E-state index contributed by atoms with van der Waals surface area (Å²) in [5.74, 6) is 0. The number of nitrogens with one attached hydrogen (secondary N) is 2.